The van der Waals surface area contributed by atoms with Crippen LogP contribution in [0, 0.1) is 5.92 Å². The molecule has 0 aliphatic carbocycles. The summed E-state index contributed by atoms with van der Waals surface area (Å²) in [5.41, 5.74) is 2.12. The number of piperidine rings is 1. The summed E-state index contributed by atoms with van der Waals surface area (Å²) < 4.78 is 0. The number of hydroxylamine groups is 1. The maximum absolute atomic E-state index is 12.2. The van der Waals surface area contributed by atoms with Gasteiger partial charge in [0.25, 0.3) is 5.91 Å². The normalized spacial score (nSPS) is 14.8. The van der Waals surface area contributed by atoms with E-state index in [0.29, 0.717) is 35.3 Å². The zero-order valence-electron chi connectivity index (χ0n) is 14.6. The first-order valence-corrected chi connectivity index (χ1v) is 8.66. The van der Waals surface area contributed by atoms with Crippen LogP contribution in [-0.2, 0) is 9.59 Å². The Labute approximate surface area is 164 Å². The molecule has 2 amide bonds. The van der Waals surface area contributed by atoms with E-state index in [1.807, 2.05) is 4.90 Å². The maximum Gasteiger partial charge on any atom is 0.267 e. The minimum absolute atomic E-state index is 0. The monoisotopic (exact) mass is 402 g/mol. The Kier molecular flexibility index (Phi) is 9.40. The van der Waals surface area contributed by atoms with E-state index in [1.54, 1.807) is 12.3 Å². The number of carbonyl (C=O) groups is 2. The van der Waals surface area contributed by atoms with Gasteiger partial charge in [0.1, 0.15) is 5.82 Å². The van der Waals surface area contributed by atoms with Gasteiger partial charge in [-0.15, -0.1) is 12.4 Å². The molecule has 0 saturated carbocycles. The number of nitrogens with one attached hydrogen (secondary N) is 2. The minimum atomic E-state index is -0.635. The van der Waals surface area contributed by atoms with E-state index >= 15 is 0 Å². The van der Waals surface area contributed by atoms with Crippen LogP contribution in [0.3, 0.4) is 0 Å². The van der Waals surface area contributed by atoms with Gasteiger partial charge in [-0.3, -0.25) is 14.8 Å². The Morgan fingerprint density at radius 3 is 2.73 bits per heavy atom. The molecular weight excluding hydrogens is 379 g/mol. The van der Waals surface area contributed by atoms with Gasteiger partial charge in [-0.25, -0.2) is 10.5 Å². The molecule has 2 rings (SSSR count). The average molecular weight is 403 g/mol. The number of hydrogen-bond acceptors (Lipinski definition) is 5. The molecule has 0 atom stereocenters. The van der Waals surface area contributed by atoms with Crippen LogP contribution in [0.25, 0.3) is 6.08 Å². The van der Waals surface area contributed by atoms with Crippen LogP contribution in [-0.4, -0.2) is 46.5 Å². The second kappa shape index (κ2) is 11.0. The lowest BCUT2D eigenvalue weighted by Crippen LogP contribution is -2.38. The van der Waals surface area contributed by atoms with Crippen LogP contribution in [0.4, 0.5) is 5.82 Å². The zero-order chi connectivity index (χ0) is 18.2. The van der Waals surface area contributed by atoms with Crippen molar-refractivity contribution in [2.75, 3.05) is 25.0 Å². The number of pyridine rings is 1. The molecule has 1 aromatic heterocycles. The standard InChI is InChI=1S/C17H23ClN4O3.ClH/c1-12-5-8-22(9-6-12)16(24)4-7-19-17-14(18)10-13(11-20-17)2-3-15(23)21-25;/h2-3,10-12,25H,4-9H2,1H3,(H,19,20)(H,21,23);1H/b3-2+;. The van der Waals surface area contributed by atoms with Gasteiger partial charge in [0.15, 0.2) is 0 Å². The van der Waals surface area contributed by atoms with Crippen molar-refractivity contribution >= 4 is 47.7 Å². The average Bonchev–Trinajstić information content (AvgIpc) is 2.61. The summed E-state index contributed by atoms with van der Waals surface area (Å²) in [5, 5.41) is 11.9. The highest BCUT2D eigenvalue weighted by Crippen LogP contribution is 2.21. The van der Waals surface area contributed by atoms with Gasteiger partial charge in [0.05, 0.1) is 5.02 Å². The van der Waals surface area contributed by atoms with Crippen LogP contribution in [0.5, 0.6) is 0 Å². The van der Waals surface area contributed by atoms with Crippen molar-refractivity contribution < 1.29 is 14.8 Å². The quantitative estimate of drug-likeness (QED) is 0.386. The largest absolute Gasteiger partial charge is 0.368 e. The third-order valence-corrected chi connectivity index (χ3v) is 4.46. The molecule has 1 aliphatic rings. The van der Waals surface area contributed by atoms with E-state index in [-0.39, 0.29) is 18.3 Å². The highest BCUT2D eigenvalue weighted by molar-refractivity contribution is 6.33. The SMILES string of the molecule is CC1CCN(C(=O)CCNc2ncc(/C=C/C(=O)NO)cc2Cl)CC1.Cl. The third-order valence-electron chi connectivity index (χ3n) is 4.17. The predicted octanol–water partition coefficient (Wildman–Crippen LogP) is 2.74. The first-order valence-electron chi connectivity index (χ1n) is 8.29. The molecule has 2 heterocycles. The molecule has 0 spiro atoms. The lowest BCUT2D eigenvalue weighted by molar-refractivity contribution is -0.132. The molecule has 7 nitrogen and oxygen atoms in total. The summed E-state index contributed by atoms with van der Waals surface area (Å²) >= 11 is 6.15. The fourth-order valence-corrected chi connectivity index (χ4v) is 2.83. The van der Waals surface area contributed by atoms with Crippen molar-refractivity contribution in [3.05, 3.63) is 28.9 Å². The van der Waals surface area contributed by atoms with Crippen LogP contribution in [0.15, 0.2) is 18.3 Å². The molecule has 0 radical (unpaired) electrons. The predicted molar refractivity (Wildman–Crippen MR) is 104 cm³/mol. The molecule has 0 bridgehead atoms. The van der Waals surface area contributed by atoms with Gasteiger partial charge in [-0.2, -0.15) is 0 Å². The molecular formula is C17H24Cl2N4O3. The molecule has 9 heteroatoms. The number of anilines is 1. The summed E-state index contributed by atoms with van der Waals surface area (Å²) in [5.74, 6) is 0.695. The summed E-state index contributed by atoms with van der Waals surface area (Å²) in [6.45, 7) is 4.34. The first kappa shape index (κ1) is 22.2. The van der Waals surface area contributed by atoms with Gasteiger partial charge in [-0.05, 0) is 36.5 Å². The fraction of sp³-hybridized carbons (Fsp3) is 0.471. The van der Waals surface area contributed by atoms with Gasteiger partial charge >= 0.3 is 0 Å². The van der Waals surface area contributed by atoms with Crippen molar-refractivity contribution in [1.29, 1.82) is 0 Å². The van der Waals surface area contributed by atoms with Crippen molar-refractivity contribution in [1.82, 2.24) is 15.4 Å². The van der Waals surface area contributed by atoms with Crippen LogP contribution in [0.1, 0.15) is 31.7 Å². The van der Waals surface area contributed by atoms with Gasteiger partial charge in [0, 0.05) is 38.3 Å². The zero-order valence-corrected chi connectivity index (χ0v) is 16.1. The second-order valence-corrected chi connectivity index (χ2v) is 6.56. The molecule has 1 saturated heterocycles. The number of amides is 2. The molecule has 0 aromatic carbocycles. The molecule has 1 aliphatic heterocycles. The van der Waals surface area contributed by atoms with E-state index in [0.717, 1.165) is 25.9 Å². The van der Waals surface area contributed by atoms with Crippen LogP contribution in [0.2, 0.25) is 5.02 Å². The lowest BCUT2D eigenvalue weighted by atomic mass is 9.99. The molecule has 26 heavy (non-hydrogen) atoms. The molecule has 3 N–H and O–H groups in total. The topological polar surface area (TPSA) is 94.6 Å². The van der Waals surface area contributed by atoms with E-state index in [2.05, 4.69) is 17.2 Å². The Balaban J connectivity index is 0.00000338. The Morgan fingerprint density at radius 2 is 2.12 bits per heavy atom. The van der Waals surface area contributed by atoms with E-state index in [4.69, 9.17) is 16.8 Å². The van der Waals surface area contributed by atoms with Crippen LogP contribution < -0.4 is 10.8 Å². The Bertz CT molecular complexity index is 647. The Morgan fingerprint density at radius 1 is 1.42 bits per heavy atom. The van der Waals surface area contributed by atoms with Crippen molar-refractivity contribution in [2.24, 2.45) is 5.92 Å². The molecule has 144 valence electrons. The van der Waals surface area contributed by atoms with Gasteiger partial charge in [-0.1, -0.05) is 18.5 Å². The summed E-state index contributed by atoms with van der Waals surface area (Å²) in [6.07, 6.45) is 6.72. The first-order chi connectivity index (χ1) is 12.0. The van der Waals surface area contributed by atoms with Gasteiger partial charge in [0.2, 0.25) is 5.91 Å². The Hall–Kier alpha value is -1.83. The fourth-order valence-electron chi connectivity index (χ4n) is 2.59. The number of nitrogens with zero attached hydrogens (tertiary/aromatic N) is 2. The highest BCUT2D eigenvalue weighted by atomic mass is 35.5. The van der Waals surface area contributed by atoms with Crippen molar-refractivity contribution in [3.63, 3.8) is 0 Å². The summed E-state index contributed by atoms with van der Waals surface area (Å²) in [7, 11) is 0. The van der Waals surface area contributed by atoms with Crippen LogP contribution >= 0.6 is 24.0 Å². The van der Waals surface area contributed by atoms with E-state index in [9.17, 15) is 9.59 Å². The number of halogens is 2. The smallest absolute Gasteiger partial charge is 0.267 e. The third kappa shape index (κ3) is 6.82. The number of likely N-dealkylation sites (tertiary alicyclic amines) is 1. The van der Waals surface area contributed by atoms with Gasteiger partial charge < -0.3 is 10.2 Å². The number of hydrogen-bond donors (Lipinski definition) is 3. The number of carbonyl (C=O) groups excluding carboxylic acids is 2. The van der Waals surface area contributed by atoms with E-state index in [1.165, 1.54) is 17.6 Å². The molecule has 1 fully saturated rings. The molecule has 1 aromatic rings. The maximum atomic E-state index is 12.2. The second-order valence-electron chi connectivity index (χ2n) is 6.15. The number of rotatable bonds is 6. The molecule has 0 unspecified atom stereocenters. The lowest BCUT2D eigenvalue weighted by Gasteiger charge is -2.30. The van der Waals surface area contributed by atoms with Crippen molar-refractivity contribution in [2.45, 2.75) is 26.2 Å². The highest BCUT2D eigenvalue weighted by Gasteiger charge is 2.19. The minimum Gasteiger partial charge on any atom is -0.368 e. The van der Waals surface area contributed by atoms with Crippen molar-refractivity contribution in [3.8, 4) is 0 Å². The van der Waals surface area contributed by atoms with E-state index < -0.39 is 5.91 Å². The number of aromatic nitrogens is 1. The summed E-state index contributed by atoms with van der Waals surface area (Å²) in [6, 6.07) is 1.64. The summed E-state index contributed by atoms with van der Waals surface area (Å²) in [4.78, 5) is 29.2.